The monoisotopic (exact) mass is 279 g/mol. The van der Waals surface area contributed by atoms with Crippen LogP contribution in [0.2, 0.25) is 10.0 Å². The summed E-state index contributed by atoms with van der Waals surface area (Å²) in [6.45, 7) is 1.50. The Kier molecular flexibility index (Phi) is 3.90. The summed E-state index contributed by atoms with van der Waals surface area (Å²) in [5, 5.41) is 1.17. The topological polar surface area (TPSA) is 20.3 Å². The molecule has 0 aliphatic heterocycles. The van der Waals surface area contributed by atoms with Crippen molar-refractivity contribution in [1.82, 2.24) is 0 Å². The molecule has 1 amide bonds. The molecule has 2 aromatic rings. The molecule has 0 saturated heterocycles. The molecule has 2 rings (SSSR count). The zero-order valence-electron chi connectivity index (χ0n) is 9.73. The normalized spacial score (nSPS) is 10.2. The fourth-order valence-corrected chi connectivity index (χ4v) is 2.11. The molecule has 0 spiro atoms. The summed E-state index contributed by atoms with van der Waals surface area (Å²) in [7, 11) is 0. The molecule has 0 saturated carbocycles. The highest BCUT2D eigenvalue weighted by molar-refractivity contribution is 6.31. The minimum Gasteiger partial charge on any atom is -0.281 e. The lowest BCUT2D eigenvalue weighted by Gasteiger charge is -2.21. The molecule has 2 nitrogen and oxygen atoms in total. The summed E-state index contributed by atoms with van der Waals surface area (Å²) in [6, 6.07) is 14.3. The first-order valence-corrected chi connectivity index (χ1v) is 6.15. The first kappa shape index (κ1) is 12.9. The van der Waals surface area contributed by atoms with Gasteiger partial charge in [-0.2, -0.15) is 0 Å². The van der Waals surface area contributed by atoms with Gasteiger partial charge >= 0.3 is 0 Å². The fraction of sp³-hybridized carbons (Fsp3) is 0.0714. The predicted molar refractivity (Wildman–Crippen MR) is 75.7 cm³/mol. The van der Waals surface area contributed by atoms with Gasteiger partial charge in [0.05, 0.1) is 11.4 Å². The molecule has 0 aliphatic carbocycles. The van der Waals surface area contributed by atoms with Gasteiger partial charge in [-0.1, -0.05) is 35.3 Å². The van der Waals surface area contributed by atoms with Crippen LogP contribution in [-0.2, 0) is 4.79 Å². The minimum absolute atomic E-state index is 0.0977. The number of benzene rings is 2. The number of rotatable bonds is 2. The number of amides is 1. The van der Waals surface area contributed by atoms with Crippen molar-refractivity contribution < 1.29 is 4.79 Å². The van der Waals surface area contributed by atoms with Crippen molar-refractivity contribution in [3.05, 3.63) is 58.6 Å². The van der Waals surface area contributed by atoms with Gasteiger partial charge in [0.1, 0.15) is 0 Å². The zero-order valence-corrected chi connectivity index (χ0v) is 11.2. The van der Waals surface area contributed by atoms with E-state index < -0.39 is 0 Å². The van der Waals surface area contributed by atoms with Gasteiger partial charge in [0.2, 0.25) is 5.91 Å². The first-order chi connectivity index (χ1) is 8.58. The molecule has 0 aliphatic rings. The average Bonchev–Trinajstić information content (AvgIpc) is 2.28. The molecular formula is C14H11Cl2NO. The molecule has 4 heteroatoms. The Morgan fingerprint density at radius 3 is 1.72 bits per heavy atom. The highest BCUT2D eigenvalue weighted by atomic mass is 35.5. The lowest BCUT2D eigenvalue weighted by molar-refractivity contribution is -0.115. The van der Waals surface area contributed by atoms with E-state index in [0.29, 0.717) is 10.0 Å². The van der Waals surface area contributed by atoms with Gasteiger partial charge in [0.15, 0.2) is 0 Å². The second-order valence-corrected chi connectivity index (χ2v) is 4.69. The Morgan fingerprint density at radius 2 is 1.39 bits per heavy atom. The second kappa shape index (κ2) is 5.42. The van der Waals surface area contributed by atoms with Crippen LogP contribution >= 0.6 is 23.2 Å². The molecular weight excluding hydrogens is 269 g/mol. The van der Waals surface area contributed by atoms with Crippen LogP contribution in [0.4, 0.5) is 11.4 Å². The Labute approximate surface area is 116 Å². The summed E-state index contributed by atoms with van der Waals surface area (Å²) in [5.41, 5.74) is 1.44. The molecule has 0 radical (unpaired) electrons. The van der Waals surface area contributed by atoms with Gasteiger partial charge in [-0.3, -0.25) is 9.69 Å². The van der Waals surface area contributed by atoms with E-state index >= 15 is 0 Å². The SMILES string of the molecule is CC(=O)N(c1cccc(Cl)c1)c1cccc(Cl)c1. The number of nitrogens with zero attached hydrogens (tertiary/aromatic N) is 1. The summed E-state index contributed by atoms with van der Waals surface area (Å²) >= 11 is 11.9. The Morgan fingerprint density at radius 1 is 0.944 bits per heavy atom. The first-order valence-electron chi connectivity index (χ1n) is 5.40. The molecule has 0 fully saturated rings. The number of hydrogen-bond acceptors (Lipinski definition) is 1. The van der Waals surface area contributed by atoms with Crippen molar-refractivity contribution in [3.8, 4) is 0 Å². The van der Waals surface area contributed by atoms with Crippen LogP contribution in [0.1, 0.15) is 6.92 Å². The maximum atomic E-state index is 11.8. The van der Waals surface area contributed by atoms with Gasteiger partial charge in [-0.25, -0.2) is 0 Å². The molecule has 0 aromatic heterocycles. The summed E-state index contributed by atoms with van der Waals surface area (Å²) in [6.07, 6.45) is 0. The highest BCUT2D eigenvalue weighted by Gasteiger charge is 2.14. The number of carbonyl (C=O) groups excluding carboxylic acids is 1. The van der Waals surface area contributed by atoms with Crippen molar-refractivity contribution in [3.63, 3.8) is 0 Å². The average molecular weight is 280 g/mol. The molecule has 0 heterocycles. The number of hydrogen-bond donors (Lipinski definition) is 0. The highest BCUT2D eigenvalue weighted by Crippen LogP contribution is 2.29. The number of anilines is 2. The van der Waals surface area contributed by atoms with E-state index in [1.165, 1.54) is 6.92 Å². The third kappa shape index (κ3) is 2.84. The van der Waals surface area contributed by atoms with Gasteiger partial charge < -0.3 is 0 Å². The summed E-state index contributed by atoms with van der Waals surface area (Å²) < 4.78 is 0. The smallest absolute Gasteiger partial charge is 0.228 e. The lowest BCUT2D eigenvalue weighted by atomic mass is 10.2. The van der Waals surface area contributed by atoms with E-state index in [4.69, 9.17) is 23.2 Å². The van der Waals surface area contributed by atoms with E-state index in [0.717, 1.165) is 11.4 Å². The van der Waals surface area contributed by atoms with Crippen molar-refractivity contribution in [2.45, 2.75) is 6.92 Å². The van der Waals surface area contributed by atoms with E-state index in [9.17, 15) is 4.79 Å². The third-order valence-corrected chi connectivity index (χ3v) is 2.92. The largest absolute Gasteiger partial charge is 0.281 e. The van der Waals surface area contributed by atoms with E-state index in [-0.39, 0.29) is 5.91 Å². The van der Waals surface area contributed by atoms with Crippen LogP contribution in [-0.4, -0.2) is 5.91 Å². The molecule has 92 valence electrons. The molecule has 2 aromatic carbocycles. The summed E-state index contributed by atoms with van der Waals surface area (Å²) in [4.78, 5) is 13.4. The quantitative estimate of drug-likeness (QED) is 0.782. The predicted octanol–water partition coefficient (Wildman–Crippen LogP) is 4.68. The van der Waals surface area contributed by atoms with E-state index in [1.54, 1.807) is 41.3 Å². The molecule has 18 heavy (non-hydrogen) atoms. The van der Waals surface area contributed by atoms with Crippen molar-refractivity contribution in [2.24, 2.45) is 0 Å². The molecule has 0 unspecified atom stereocenters. The molecule has 0 bridgehead atoms. The van der Waals surface area contributed by atoms with Crippen LogP contribution in [0, 0.1) is 0 Å². The molecule has 0 atom stereocenters. The summed E-state index contributed by atoms with van der Waals surface area (Å²) in [5.74, 6) is -0.0977. The second-order valence-electron chi connectivity index (χ2n) is 3.81. The van der Waals surface area contributed by atoms with Crippen LogP contribution in [0.25, 0.3) is 0 Å². The van der Waals surface area contributed by atoms with E-state index in [2.05, 4.69) is 0 Å². The Bertz CT molecular complexity index is 538. The Balaban J connectivity index is 2.50. The third-order valence-electron chi connectivity index (χ3n) is 2.45. The van der Waals surface area contributed by atoms with Crippen LogP contribution in [0.3, 0.4) is 0 Å². The standard InChI is InChI=1S/C14H11Cl2NO/c1-10(18)17(13-6-2-4-11(15)8-13)14-7-3-5-12(16)9-14/h2-9H,1H3. The van der Waals surface area contributed by atoms with Crippen molar-refractivity contribution in [2.75, 3.05) is 4.90 Å². The molecule has 0 N–H and O–H groups in total. The number of halogens is 2. The van der Waals surface area contributed by atoms with E-state index in [1.807, 2.05) is 12.1 Å². The van der Waals surface area contributed by atoms with Gasteiger partial charge in [-0.15, -0.1) is 0 Å². The maximum Gasteiger partial charge on any atom is 0.228 e. The fourth-order valence-electron chi connectivity index (χ4n) is 1.74. The van der Waals surface area contributed by atoms with Crippen LogP contribution in [0.5, 0.6) is 0 Å². The van der Waals surface area contributed by atoms with Crippen molar-refractivity contribution in [1.29, 1.82) is 0 Å². The number of carbonyl (C=O) groups is 1. The Hall–Kier alpha value is -1.51. The van der Waals surface area contributed by atoms with Gasteiger partial charge in [-0.05, 0) is 36.4 Å². The van der Waals surface area contributed by atoms with Gasteiger partial charge in [0, 0.05) is 17.0 Å². The van der Waals surface area contributed by atoms with Crippen LogP contribution < -0.4 is 4.90 Å². The van der Waals surface area contributed by atoms with Gasteiger partial charge in [0.25, 0.3) is 0 Å². The zero-order chi connectivity index (χ0) is 13.1. The lowest BCUT2D eigenvalue weighted by Crippen LogP contribution is -2.22. The van der Waals surface area contributed by atoms with Crippen molar-refractivity contribution >= 4 is 40.5 Å². The van der Waals surface area contributed by atoms with Crippen LogP contribution in [0.15, 0.2) is 48.5 Å². The minimum atomic E-state index is -0.0977. The maximum absolute atomic E-state index is 11.8.